The SMILES string of the molecule is O=C(CSc1nnc2n1CCCCC2)NC1CCCCCCC1. The van der Waals surface area contributed by atoms with Gasteiger partial charge in [0, 0.05) is 19.0 Å². The number of hydrogen-bond donors (Lipinski definition) is 1. The molecule has 0 aromatic carbocycles. The van der Waals surface area contributed by atoms with Crippen LogP contribution in [-0.4, -0.2) is 32.5 Å². The zero-order valence-corrected chi connectivity index (χ0v) is 14.7. The molecule has 2 heterocycles. The molecule has 23 heavy (non-hydrogen) atoms. The number of rotatable bonds is 4. The highest BCUT2D eigenvalue weighted by Gasteiger charge is 2.18. The molecule has 0 saturated heterocycles. The lowest BCUT2D eigenvalue weighted by Gasteiger charge is -2.20. The average Bonchev–Trinajstić information content (AvgIpc) is 2.75. The van der Waals surface area contributed by atoms with Gasteiger partial charge in [0.05, 0.1) is 5.75 Å². The van der Waals surface area contributed by atoms with Crippen LogP contribution in [0.5, 0.6) is 0 Å². The topological polar surface area (TPSA) is 59.8 Å². The van der Waals surface area contributed by atoms with Crippen LogP contribution in [0, 0.1) is 0 Å². The monoisotopic (exact) mass is 336 g/mol. The van der Waals surface area contributed by atoms with Crippen molar-refractivity contribution in [3.63, 3.8) is 0 Å². The number of hydrogen-bond acceptors (Lipinski definition) is 4. The van der Waals surface area contributed by atoms with Crippen LogP contribution < -0.4 is 5.32 Å². The van der Waals surface area contributed by atoms with Crippen molar-refractivity contribution in [2.75, 3.05) is 5.75 Å². The van der Waals surface area contributed by atoms with Crippen molar-refractivity contribution in [1.82, 2.24) is 20.1 Å². The zero-order valence-electron chi connectivity index (χ0n) is 13.9. The van der Waals surface area contributed by atoms with Gasteiger partial charge in [-0.1, -0.05) is 50.3 Å². The van der Waals surface area contributed by atoms with Gasteiger partial charge < -0.3 is 9.88 Å². The molecular formula is C17H28N4OS. The van der Waals surface area contributed by atoms with Crippen LogP contribution in [0.2, 0.25) is 0 Å². The fourth-order valence-corrected chi connectivity index (χ4v) is 4.36. The van der Waals surface area contributed by atoms with E-state index in [1.807, 2.05) is 0 Å². The van der Waals surface area contributed by atoms with E-state index in [0.717, 1.165) is 36.8 Å². The molecule has 3 rings (SSSR count). The average molecular weight is 337 g/mol. The minimum absolute atomic E-state index is 0.145. The Balaban J connectivity index is 1.48. The van der Waals surface area contributed by atoms with E-state index in [1.54, 1.807) is 0 Å². The van der Waals surface area contributed by atoms with Crippen LogP contribution in [0.3, 0.4) is 0 Å². The molecule has 1 aromatic heterocycles. The van der Waals surface area contributed by atoms with Crippen molar-refractivity contribution < 1.29 is 4.79 Å². The van der Waals surface area contributed by atoms with Crippen LogP contribution in [-0.2, 0) is 17.8 Å². The van der Waals surface area contributed by atoms with E-state index >= 15 is 0 Å². The fraction of sp³-hybridized carbons (Fsp3) is 0.824. The summed E-state index contributed by atoms with van der Waals surface area (Å²) >= 11 is 1.53. The van der Waals surface area contributed by atoms with Crippen molar-refractivity contribution in [1.29, 1.82) is 0 Å². The Morgan fingerprint density at radius 1 is 1.04 bits per heavy atom. The molecule has 1 saturated carbocycles. The van der Waals surface area contributed by atoms with Crippen molar-refractivity contribution in [2.24, 2.45) is 0 Å². The summed E-state index contributed by atoms with van der Waals surface area (Å²) in [5.41, 5.74) is 0. The summed E-state index contributed by atoms with van der Waals surface area (Å²) in [4.78, 5) is 12.3. The van der Waals surface area contributed by atoms with E-state index in [1.165, 1.54) is 63.1 Å². The maximum atomic E-state index is 12.3. The van der Waals surface area contributed by atoms with E-state index in [2.05, 4.69) is 20.1 Å². The van der Waals surface area contributed by atoms with Gasteiger partial charge in [0.25, 0.3) is 0 Å². The Morgan fingerprint density at radius 3 is 2.61 bits per heavy atom. The molecule has 0 atom stereocenters. The quantitative estimate of drug-likeness (QED) is 0.857. The summed E-state index contributed by atoms with van der Waals surface area (Å²) in [6, 6.07) is 0.374. The first-order valence-electron chi connectivity index (χ1n) is 9.17. The summed E-state index contributed by atoms with van der Waals surface area (Å²) in [5.74, 6) is 1.69. The Bertz CT molecular complexity index is 509. The molecule has 1 fully saturated rings. The first kappa shape index (κ1) is 16.8. The maximum Gasteiger partial charge on any atom is 0.230 e. The highest BCUT2D eigenvalue weighted by molar-refractivity contribution is 7.99. The first-order valence-corrected chi connectivity index (χ1v) is 10.2. The maximum absolute atomic E-state index is 12.3. The van der Waals surface area contributed by atoms with Gasteiger partial charge in [0.15, 0.2) is 5.16 Å². The van der Waals surface area contributed by atoms with Gasteiger partial charge in [-0.3, -0.25) is 4.79 Å². The van der Waals surface area contributed by atoms with Gasteiger partial charge in [-0.15, -0.1) is 10.2 Å². The lowest BCUT2D eigenvalue weighted by atomic mass is 9.97. The molecule has 2 aliphatic rings. The molecule has 1 N–H and O–H groups in total. The van der Waals surface area contributed by atoms with Gasteiger partial charge in [0.2, 0.25) is 5.91 Å². The summed E-state index contributed by atoms with van der Waals surface area (Å²) in [6.07, 6.45) is 13.4. The van der Waals surface area contributed by atoms with E-state index in [0.29, 0.717) is 11.8 Å². The Kier molecular flexibility index (Phi) is 6.37. The van der Waals surface area contributed by atoms with Gasteiger partial charge in [-0.25, -0.2) is 0 Å². The highest BCUT2D eigenvalue weighted by atomic mass is 32.2. The highest BCUT2D eigenvalue weighted by Crippen LogP contribution is 2.22. The molecule has 6 heteroatoms. The third-order valence-corrected chi connectivity index (χ3v) is 5.84. The number of aryl methyl sites for hydroxylation is 1. The lowest BCUT2D eigenvalue weighted by molar-refractivity contribution is -0.119. The molecule has 0 radical (unpaired) electrons. The smallest absolute Gasteiger partial charge is 0.230 e. The van der Waals surface area contributed by atoms with Crippen LogP contribution >= 0.6 is 11.8 Å². The third kappa shape index (κ3) is 4.96. The van der Waals surface area contributed by atoms with E-state index in [-0.39, 0.29) is 5.91 Å². The molecule has 1 aliphatic carbocycles. The number of carbonyl (C=O) groups is 1. The van der Waals surface area contributed by atoms with Crippen molar-refractivity contribution in [3.05, 3.63) is 5.82 Å². The molecule has 1 aliphatic heterocycles. The second kappa shape index (κ2) is 8.71. The molecule has 5 nitrogen and oxygen atoms in total. The molecule has 0 unspecified atom stereocenters. The van der Waals surface area contributed by atoms with Crippen LogP contribution in [0.25, 0.3) is 0 Å². The Morgan fingerprint density at radius 2 is 1.78 bits per heavy atom. The van der Waals surface area contributed by atoms with E-state index < -0.39 is 0 Å². The molecule has 1 amide bonds. The number of aromatic nitrogens is 3. The number of amides is 1. The van der Waals surface area contributed by atoms with Gasteiger partial charge >= 0.3 is 0 Å². The minimum atomic E-state index is 0.145. The van der Waals surface area contributed by atoms with Crippen molar-refractivity contribution >= 4 is 17.7 Å². The molecule has 1 aromatic rings. The van der Waals surface area contributed by atoms with Crippen LogP contribution in [0.4, 0.5) is 0 Å². The minimum Gasteiger partial charge on any atom is -0.353 e. The van der Waals surface area contributed by atoms with E-state index in [9.17, 15) is 4.79 Å². The second-order valence-electron chi connectivity index (χ2n) is 6.76. The van der Waals surface area contributed by atoms with E-state index in [4.69, 9.17) is 0 Å². The summed E-state index contributed by atoms with van der Waals surface area (Å²) in [5, 5.41) is 12.7. The molecule has 0 spiro atoms. The first-order chi connectivity index (χ1) is 11.3. The Labute approximate surface area is 143 Å². The van der Waals surface area contributed by atoms with Crippen molar-refractivity contribution in [2.45, 2.75) is 88.4 Å². The second-order valence-corrected chi connectivity index (χ2v) is 7.70. The van der Waals surface area contributed by atoms with Crippen molar-refractivity contribution in [3.8, 4) is 0 Å². The standard InChI is InChI=1S/C17H28N4OS/c22-16(18-14-9-5-2-1-3-6-10-14)13-23-17-20-19-15-11-7-4-8-12-21(15)17/h14H,1-13H2,(H,18,22). The van der Waals surface area contributed by atoms with Gasteiger partial charge in [-0.2, -0.15) is 0 Å². The Hall–Kier alpha value is -1.04. The number of carbonyl (C=O) groups excluding carboxylic acids is 1. The number of nitrogens with zero attached hydrogens (tertiary/aromatic N) is 3. The lowest BCUT2D eigenvalue weighted by Crippen LogP contribution is -2.36. The summed E-state index contributed by atoms with van der Waals surface area (Å²) in [7, 11) is 0. The zero-order chi connectivity index (χ0) is 15.9. The predicted molar refractivity (Wildman–Crippen MR) is 92.6 cm³/mol. The van der Waals surface area contributed by atoms with Crippen LogP contribution in [0.1, 0.15) is 70.0 Å². The summed E-state index contributed by atoms with van der Waals surface area (Å²) in [6.45, 7) is 0.995. The fourth-order valence-electron chi connectivity index (χ4n) is 3.57. The predicted octanol–water partition coefficient (Wildman–Crippen LogP) is 3.33. The normalized spacial score (nSPS) is 20.2. The summed E-state index contributed by atoms with van der Waals surface area (Å²) < 4.78 is 2.21. The molecule has 128 valence electrons. The number of thioether (sulfide) groups is 1. The third-order valence-electron chi connectivity index (χ3n) is 4.88. The van der Waals surface area contributed by atoms with Crippen LogP contribution in [0.15, 0.2) is 5.16 Å². The van der Waals surface area contributed by atoms with Gasteiger partial charge in [-0.05, 0) is 25.7 Å². The number of fused-ring (bicyclic) bond motifs is 1. The number of nitrogens with one attached hydrogen (secondary N) is 1. The molecular weight excluding hydrogens is 308 g/mol. The largest absolute Gasteiger partial charge is 0.353 e. The molecule has 0 bridgehead atoms. The van der Waals surface area contributed by atoms with Gasteiger partial charge in [0.1, 0.15) is 5.82 Å².